The van der Waals surface area contributed by atoms with E-state index in [0.29, 0.717) is 16.7 Å². The molecule has 0 saturated heterocycles. The second-order valence-corrected chi connectivity index (χ2v) is 15.5. The van der Waals surface area contributed by atoms with Crippen molar-refractivity contribution in [3.63, 3.8) is 0 Å². The van der Waals surface area contributed by atoms with Gasteiger partial charge in [-0.05, 0) is 93.4 Å². The molecule has 0 spiro atoms. The summed E-state index contributed by atoms with van der Waals surface area (Å²) >= 11 is 0. The molecule has 0 atom stereocenters. The second kappa shape index (κ2) is 17.8. The van der Waals surface area contributed by atoms with Crippen LogP contribution in [0.2, 0.25) is 0 Å². The number of pyridine rings is 1. The molecular weight excluding hydrogens is 925 g/mol. The van der Waals surface area contributed by atoms with Crippen LogP contribution in [-0.2, 0) is 20.1 Å². The molecule has 5 nitrogen and oxygen atoms in total. The first-order valence-electron chi connectivity index (χ1n) is 20.4. The molecule has 0 aliphatic heterocycles. The van der Waals surface area contributed by atoms with E-state index in [1.54, 1.807) is 6.20 Å². The minimum atomic E-state index is 0. The third-order valence-corrected chi connectivity index (χ3v) is 11.0. The molecule has 3 aromatic heterocycles. The molecule has 299 valence electrons. The van der Waals surface area contributed by atoms with E-state index in [4.69, 9.17) is 9.40 Å². The monoisotopic (exact) mass is 967 g/mol. The molecule has 1 radical (unpaired) electrons. The van der Waals surface area contributed by atoms with Crippen molar-refractivity contribution in [3.05, 3.63) is 199 Å². The van der Waals surface area contributed by atoms with Crippen LogP contribution in [0.4, 0.5) is 0 Å². The fourth-order valence-electron chi connectivity index (χ4n) is 8.02. The van der Waals surface area contributed by atoms with Gasteiger partial charge in [0.15, 0.2) is 0 Å². The van der Waals surface area contributed by atoms with Gasteiger partial charge < -0.3 is 14.0 Å². The van der Waals surface area contributed by atoms with E-state index in [1.807, 2.05) is 78.9 Å². The number of imidazole rings is 1. The summed E-state index contributed by atoms with van der Waals surface area (Å²) in [5, 5.41) is 11.6. The molecular formula is C55H42IrN4O-2. The molecule has 0 aliphatic rings. The average Bonchev–Trinajstić information content (AvgIpc) is 3.89. The summed E-state index contributed by atoms with van der Waals surface area (Å²) in [6.07, 6.45) is 1.79. The molecule has 10 rings (SSSR count). The molecule has 61 heavy (non-hydrogen) atoms. The summed E-state index contributed by atoms with van der Waals surface area (Å²) in [7, 11) is 0. The number of fused-ring (bicyclic) bond motifs is 4. The molecule has 0 unspecified atom stereocenters. The van der Waals surface area contributed by atoms with Gasteiger partial charge in [-0.2, -0.15) is 5.26 Å². The molecule has 10 aromatic rings. The number of aromatic nitrogens is 3. The number of hydrogen-bond acceptors (Lipinski definition) is 4. The van der Waals surface area contributed by atoms with Crippen molar-refractivity contribution in [2.75, 3.05) is 0 Å². The van der Waals surface area contributed by atoms with Crippen molar-refractivity contribution in [2.45, 2.75) is 39.5 Å². The topological polar surface area (TPSA) is 67.6 Å². The third-order valence-electron chi connectivity index (χ3n) is 11.0. The largest absolute Gasteiger partial charge is 0.500 e. The van der Waals surface area contributed by atoms with E-state index in [-0.39, 0.29) is 31.9 Å². The number of hydrogen-bond donors (Lipinski definition) is 0. The van der Waals surface area contributed by atoms with Crippen LogP contribution in [0.5, 0.6) is 0 Å². The maximum absolute atomic E-state index is 9.91. The van der Waals surface area contributed by atoms with Crippen LogP contribution in [0, 0.1) is 23.5 Å². The summed E-state index contributed by atoms with van der Waals surface area (Å²) in [5.74, 6) is 1.24. The Labute approximate surface area is 370 Å². The van der Waals surface area contributed by atoms with E-state index in [9.17, 15) is 5.26 Å². The second-order valence-electron chi connectivity index (χ2n) is 15.5. The van der Waals surface area contributed by atoms with Gasteiger partial charge >= 0.3 is 0 Å². The van der Waals surface area contributed by atoms with Crippen LogP contribution in [0.1, 0.15) is 56.2 Å². The summed E-state index contributed by atoms with van der Waals surface area (Å²) in [6.45, 7) is 9.05. The summed E-state index contributed by atoms with van der Waals surface area (Å²) in [5.41, 5.74) is 15.1. The molecule has 0 fully saturated rings. The molecule has 0 aliphatic carbocycles. The molecule has 6 heteroatoms. The standard InChI is InChI=1S/C44H34N3O.C11H8N.Ir/c1-27(2)36-24-33(31-22-20-30(21-23-31)29-12-6-5-7-13-29)25-37(28(3)4)42(36)47-39-18-9-8-17-38(39)46-44(47)35-16-11-15-34-41-32(26-45)14-10-19-40(41)48-43(34)35;1-2-6-10(7-3-1)11-8-4-5-9-12-11;/h5-15,17-25,27-28H,1-4H3;1-6,8-9H;/q2*-1;. The van der Waals surface area contributed by atoms with Crippen molar-refractivity contribution < 1.29 is 24.5 Å². The van der Waals surface area contributed by atoms with E-state index < -0.39 is 0 Å². The summed E-state index contributed by atoms with van der Waals surface area (Å²) < 4.78 is 8.82. The Balaban J connectivity index is 0.000000340. The normalized spacial score (nSPS) is 11.1. The van der Waals surface area contributed by atoms with E-state index in [0.717, 1.165) is 50.1 Å². The maximum atomic E-state index is 9.91. The van der Waals surface area contributed by atoms with E-state index >= 15 is 0 Å². The van der Waals surface area contributed by atoms with Crippen molar-refractivity contribution in [3.8, 4) is 56.7 Å². The SMILES string of the molecule is CC(C)c1cc(-c2ccc(-c3ccccc3)cc2)cc(C(C)C)c1-n1c(-c2[c-]ccc3c2oc2cccc(C#N)c23)nc2ccccc21.[Ir].[c-]1ccccc1-c1ccccn1. The number of para-hydroxylation sites is 2. The molecule has 3 heterocycles. The Morgan fingerprint density at radius 3 is 1.98 bits per heavy atom. The Bertz CT molecular complexity index is 3080. The smallest absolute Gasteiger partial charge is 0.122 e. The zero-order chi connectivity index (χ0) is 41.2. The van der Waals surface area contributed by atoms with Crippen molar-refractivity contribution in [1.29, 1.82) is 5.26 Å². The van der Waals surface area contributed by atoms with Crippen LogP contribution in [-0.4, -0.2) is 14.5 Å². The van der Waals surface area contributed by atoms with Gasteiger partial charge in [0.1, 0.15) is 5.58 Å². The van der Waals surface area contributed by atoms with Gasteiger partial charge in [-0.25, -0.2) is 0 Å². The van der Waals surface area contributed by atoms with Crippen LogP contribution in [0.15, 0.2) is 174 Å². The number of nitriles is 1. The number of benzene rings is 7. The molecule has 7 aromatic carbocycles. The van der Waals surface area contributed by atoms with Crippen LogP contribution < -0.4 is 0 Å². The Hall–Kier alpha value is -6.90. The van der Waals surface area contributed by atoms with E-state index in [2.05, 4.69) is 140 Å². The van der Waals surface area contributed by atoms with Crippen molar-refractivity contribution >= 4 is 33.0 Å². The first kappa shape index (κ1) is 40.9. The van der Waals surface area contributed by atoms with Crippen LogP contribution in [0.3, 0.4) is 0 Å². The fourth-order valence-corrected chi connectivity index (χ4v) is 8.02. The first-order valence-corrected chi connectivity index (χ1v) is 20.4. The van der Waals surface area contributed by atoms with Gasteiger partial charge in [0.2, 0.25) is 0 Å². The summed E-state index contributed by atoms with van der Waals surface area (Å²) in [6, 6.07) is 64.6. The zero-order valence-corrected chi connectivity index (χ0v) is 36.7. The van der Waals surface area contributed by atoms with Gasteiger partial charge in [0.05, 0.1) is 34.1 Å². The quantitative estimate of drug-likeness (QED) is 0.149. The predicted octanol–water partition coefficient (Wildman–Crippen LogP) is 14.4. The molecule has 0 saturated carbocycles. The fraction of sp³-hybridized carbons (Fsp3) is 0.109. The Morgan fingerprint density at radius 1 is 0.639 bits per heavy atom. The third kappa shape index (κ3) is 7.95. The van der Waals surface area contributed by atoms with Gasteiger partial charge in [0.25, 0.3) is 0 Å². The van der Waals surface area contributed by atoms with Gasteiger partial charge in [-0.3, -0.25) is 4.98 Å². The molecule has 0 N–H and O–H groups in total. The Morgan fingerprint density at radius 2 is 1.31 bits per heavy atom. The number of furan rings is 1. The number of rotatable bonds is 7. The van der Waals surface area contributed by atoms with Crippen molar-refractivity contribution in [2.24, 2.45) is 0 Å². The molecule has 0 amide bonds. The van der Waals surface area contributed by atoms with E-state index in [1.165, 1.54) is 33.4 Å². The van der Waals surface area contributed by atoms with Crippen LogP contribution in [0.25, 0.3) is 83.6 Å². The average molecular weight is 967 g/mol. The van der Waals surface area contributed by atoms with Gasteiger partial charge in [-0.15, -0.1) is 54.1 Å². The minimum Gasteiger partial charge on any atom is -0.500 e. The predicted molar refractivity (Wildman–Crippen MR) is 245 cm³/mol. The van der Waals surface area contributed by atoms with Gasteiger partial charge in [-0.1, -0.05) is 124 Å². The first-order chi connectivity index (χ1) is 29.4. The van der Waals surface area contributed by atoms with Crippen LogP contribution >= 0.6 is 0 Å². The van der Waals surface area contributed by atoms with Gasteiger partial charge in [0, 0.05) is 37.4 Å². The summed E-state index contributed by atoms with van der Waals surface area (Å²) in [4.78, 5) is 9.47. The maximum Gasteiger partial charge on any atom is 0.122 e. The number of nitrogens with zero attached hydrogens (tertiary/aromatic N) is 4. The Kier molecular flexibility index (Phi) is 11.9. The zero-order valence-electron chi connectivity index (χ0n) is 34.4. The minimum absolute atomic E-state index is 0. The van der Waals surface area contributed by atoms with Crippen molar-refractivity contribution in [1.82, 2.24) is 14.5 Å². The molecule has 0 bridgehead atoms.